The van der Waals surface area contributed by atoms with E-state index in [1.54, 1.807) is 18.0 Å². The molecule has 6 nitrogen and oxygen atoms in total. The van der Waals surface area contributed by atoms with Crippen LogP contribution in [0.5, 0.6) is 0 Å². The number of piperidine rings is 1. The Labute approximate surface area is 156 Å². The molecule has 1 saturated heterocycles. The lowest BCUT2D eigenvalue weighted by Gasteiger charge is -2.34. The number of likely N-dealkylation sites (N-methyl/N-ethyl adjacent to an activating group) is 1. The number of hydrogen-bond acceptors (Lipinski definition) is 4. The van der Waals surface area contributed by atoms with Gasteiger partial charge in [-0.05, 0) is 62.3 Å². The molecule has 26 heavy (non-hydrogen) atoms. The number of aryl methyl sites for hydroxylation is 2. The van der Waals surface area contributed by atoms with Crippen LogP contribution < -0.4 is 5.73 Å². The van der Waals surface area contributed by atoms with Crippen LogP contribution in [-0.2, 0) is 27.7 Å². The monoisotopic (exact) mass is 379 g/mol. The highest BCUT2D eigenvalue weighted by molar-refractivity contribution is 7.89. The standard InChI is InChI=1S/C19H29N3O3S/c1-14(13-20)21(2)19(23)16-8-10-22(11-9-16)26(24,25)18-7-6-15-4-3-5-17(15)12-18/h6-7,12,14,16H,3-5,8-11,13,20H2,1-2H3. The molecule has 3 rings (SSSR count). The van der Waals surface area contributed by atoms with E-state index >= 15 is 0 Å². The molecule has 0 saturated carbocycles. The van der Waals surface area contributed by atoms with E-state index < -0.39 is 10.0 Å². The Morgan fingerprint density at radius 1 is 1.27 bits per heavy atom. The molecule has 2 N–H and O–H groups in total. The largest absolute Gasteiger partial charge is 0.342 e. The van der Waals surface area contributed by atoms with Gasteiger partial charge in [-0.3, -0.25) is 4.79 Å². The Bertz CT molecular complexity index is 770. The van der Waals surface area contributed by atoms with E-state index in [2.05, 4.69) is 0 Å². The van der Waals surface area contributed by atoms with Crippen molar-refractivity contribution in [3.05, 3.63) is 29.3 Å². The molecule has 1 aromatic carbocycles. The van der Waals surface area contributed by atoms with Gasteiger partial charge in [0.15, 0.2) is 0 Å². The van der Waals surface area contributed by atoms with Crippen LogP contribution in [0.3, 0.4) is 0 Å². The second kappa shape index (κ2) is 7.66. The molecule has 1 aliphatic heterocycles. The quantitative estimate of drug-likeness (QED) is 0.838. The van der Waals surface area contributed by atoms with Crippen molar-refractivity contribution in [1.82, 2.24) is 9.21 Å². The Kier molecular flexibility index (Phi) is 5.69. The Balaban J connectivity index is 1.66. The number of nitrogens with zero attached hydrogens (tertiary/aromatic N) is 2. The number of nitrogens with two attached hydrogens (primary N) is 1. The van der Waals surface area contributed by atoms with Crippen LogP contribution >= 0.6 is 0 Å². The minimum absolute atomic E-state index is 0.00400. The highest BCUT2D eigenvalue weighted by Gasteiger charge is 2.34. The topological polar surface area (TPSA) is 83.7 Å². The predicted octanol–water partition coefficient (Wildman–Crippen LogP) is 1.38. The summed E-state index contributed by atoms with van der Waals surface area (Å²) in [6.07, 6.45) is 4.22. The molecule has 1 amide bonds. The average Bonchev–Trinajstić information content (AvgIpc) is 3.14. The first-order valence-electron chi connectivity index (χ1n) is 9.43. The third-order valence-corrected chi connectivity index (χ3v) is 7.76. The molecule has 0 spiro atoms. The van der Waals surface area contributed by atoms with Gasteiger partial charge in [0.1, 0.15) is 0 Å². The fourth-order valence-corrected chi connectivity index (χ4v) is 5.39. The van der Waals surface area contributed by atoms with Gasteiger partial charge in [-0.2, -0.15) is 4.31 Å². The first-order valence-corrected chi connectivity index (χ1v) is 10.9. The van der Waals surface area contributed by atoms with E-state index in [0.29, 0.717) is 37.4 Å². The summed E-state index contributed by atoms with van der Waals surface area (Å²) >= 11 is 0. The van der Waals surface area contributed by atoms with Crippen molar-refractivity contribution in [1.29, 1.82) is 0 Å². The molecule has 7 heteroatoms. The van der Waals surface area contributed by atoms with Crippen molar-refractivity contribution in [2.24, 2.45) is 11.7 Å². The van der Waals surface area contributed by atoms with Gasteiger partial charge in [0.05, 0.1) is 4.90 Å². The van der Waals surface area contributed by atoms with Gasteiger partial charge in [-0.15, -0.1) is 0 Å². The highest BCUT2D eigenvalue weighted by Crippen LogP contribution is 2.29. The molecule has 1 aliphatic carbocycles. The molecule has 1 unspecified atom stereocenters. The van der Waals surface area contributed by atoms with Crippen molar-refractivity contribution >= 4 is 15.9 Å². The van der Waals surface area contributed by atoms with Gasteiger partial charge in [0.25, 0.3) is 0 Å². The second-order valence-corrected chi connectivity index (χ2v) is 9.43. The summed E-state index contributed by atoms with van der Waals surface area (Å²) < 4.78 is 27.5. The minimum atomic E-state index is -3.49. The maximum Gasteiger partial charge on any atom is 0.243 e. The van der Waals surface area contributed by atoms with Crippen LogP contribution in [0, 0.1) is 5.92 Å². The Hall–Kier alpha value is -1.44. The van der Waals surface area contributed by atoms with E-state index in [4.69, 9.17) is 5.73 Å². The molecule has 1 aromatic rings. The second-order valence-electron chi connectivity index (χ2n) is 7.50. The molecule has 0 bridgehead atoms. The number of carbonyl (C=O) groups excluding carboxylic acids is 1. The van der Waals surface area contributed by atoms with Crippen LogP contribution in [0.1, 0.15) is 37.3 Å². The molecular weight excluding hydrogens is 350 g/mol. The Morgan fingerprint density at radius 3 is 2.58 bits per heavy atom. The fraction of sp³-hybridized carbons (Fsp3) is 0.632. The van der Waals surface area contributed by atoms with E-state index in [9.17, 15) is 13.2 Å². The number of carbonyl (C=O) groups is 1. The van der Waals surface area contributed by atoms with E-state index in [-0.39, 0.29) is 17.9 Å². The minimum Gasteiger partial charge on any atom is -0.342 e. The zero-order chi connectivity index (χ0) is 18.9. The number of fused-ring (bicyclic) bond motifs is 1. The average molecular weight is 380 g/mol. The lowest BCUT2D eigenvalue weighted by molar-refractivity contribution is -0.137. The summed E-state index contributed by atoms with van der Waals surface area (Å²) in [6.45, 7) is 3.13. The molecule has 1 atom stereocenters. The molecular formula is C19H29N3O3S. The van der Waals surface area contributed by atoms with Crippen LogP contribution in [0.15, 0.2) is 23.1 Å². The van der Waals surface area contributed by atoms with Gasteiger partial charge < -0.3 is 10.6 Å². The summed E-state index contributed by atoms with van der Waals surface area (Å²) in [5.41, 5.74) is 8.07. The van der Waals surface area contributed by atoms with Crippen molar-refractivity contribution in [3.8, 4) is 0 Å². The molecule has 144 valence electrons. The number of amides is 1. The Morgan fingerprint density at radius 2 is 1.92 bits per heavy atom. The van der Waals surface area contributed by atoms with Crippen molar-refractivity contribution in [3.63, 3.8) is 0 Å². The number of sulfonamides is 1. The smallest absolute Gasteiger partial charge is 0.243 e. The maximum atomic E-state index is 13.0. The molecule has 2 aliphatic rings. The number of rotatable bonds is 5. The predicted molar refractivity (Wildman–Crippen MR) is 101 cm³/mol. The first kappa shape index (κ1) is 19.3. The van der Waals surface area contributed by atoms with Crippen LogP contribution in [0.25, 0.3) is 0 Å². The summed E-state index contributed by atoms with van der Waals surface area (Å²) in [6, 6.07) is 5.52. The molecule has 0 aromatic heterocycles. The van der Waals surface area contributed by atoms with Crippen LogP contribution in [-0.4, -0.2) is 56.3 Å². The van der Waals surface area contributed by atoms with E-state index in [1.165, 1.54) is 9.87 Å². The zero-order valence-electron chi connectivity index (χ0n) is 15.6. The zero-order valence-corrected chi connectivity index (χ0v) is 16.5. The lowest BCUT2D eigenvalue weighted by atomic mass is 9.96. The fourth-order valence-electron chi connectivity index (χ4n) is 3.86. The highest BCUT2D eigenvalue weighted by atomic mass is 32.2. The third-order valence-electron chi connectivity index (χ3n) is 5.86. The van der Waals surface area contributed by atoms with E-state index in [1.807, 2.05) is 19.1 Å². The first-order chi connectivity index (χ1) is 12.3. The van der Waals surface area contributed by atoms with Crippen LogP contribution in [0.2, 0.25) is 0 Å². The van der Waals surface area contributed by atoms with Crippen molar-refractivity contribution < 1.29 is 13.2 Å². The summed E-state index contributed by atoms with van der Waals surface area (Å²) in [4.78, 5) is 14.6. The van der Waals surface area contributed by atoms with Crippen LogP contribution in [0.4, 0.5) is 0 Å². The molecule has 1 fully saturated rings. The van der Waals surface area contributed by atoms with Gasteiger partial charge >= 0.3 is 0 Å². The van der Waals surface area contributed by atoms with Crippen molar-refractivity contribution in [2.45, 2.75) is 50.0 Å². The molecule has 1 heterocycles. The summed E-state index contributed by atoms with van der Waals surface area (Å²) in [5, 5.41) is 0. The van der Waals surface area contributed by atoms with Gasteiger partial charge in [-0.1, -0.05) is 6.07 Å². The summed E-state index contributed by atoms with van der Waals surface area (Å²) in [7, 11) is -1.71. The number of hydrogen-bond donors (Lipinski definition) is 1. The lowest BCUT2D eigenvalue weighted by Crippen LogP contribution is -2.47. The normalized spacial score (nSPS) is 20.0. The molecule has 0 radical (unpaired) electrons. The third kappa shape index (κ3) is 3.66. The van der Waals surface area contributed by atoms with Gasteiger partial charge in [0.2, 0.25) is 15.9 Å². The maximum absolute atomic E-state index is 13.0. The van der Waals surface area contributed by atoms with Crippen molar-refractivity contribution in [2.75, 3.05) is 26.7 Å². The van der Waals surface area contributed by atoms with E-state index in [0.717, 1.165) is 24.8 Å². The summed E-state index contributed by atoms with van der Waals surface area (Å²) in [5.74, 6) is -0.0574. The number of benzene rings is 1. The van der Waals surface area contributed by atoms with Gasteiger partial charge in [0, 0.05) is 38.6 Å². The van der Waals surface area contributed by atoms with Gasteiger partial charge in [-0.25, -0.2) is 8.42 Å². The SMILES string of the molecule is CC(CN)N(C)C(=O)C1CCN(S(=O)(=O)c2ccc3c(c2)CCC3)CC1.